The molecular formula is C8H12O2. The summed E-state index contributed by atoms with van der Waals surface area (Å²) in [5, 5.41) is 0. The van der Waals surface area contributed by atoms with Gasteiger partial charge in [0.1, 0.15) is 0 Å². The van der Waals surface area contributed by atoms with Gasteiger partial charge in [0.15, 0.2) is 0 Å². The van der Waals surface area contributed by atoms with Gasteiger partial charge >= 0.3 is 5.97 Å². The van der Waals surface area contributed by atoms with Crippen LogP contribution in [0, 0.1) is 0 Å². The van der Waals surface area contributed by atoms with E-state index in [1.54, 1.807) is 19.1 Å². The van der Waals surface area contributed by atoms with Crippen molar-refractivity contribution in [2.45, 2.75) is 13.3 Å². The number of ether oxygens (including phenoxy) is 1. The molecule has 0 atom stereocenters. The third-order valence-electron chi connectivity index (χ3n) is 0.869. The van der Waals surface area contributed by atoms with Crippen LogP contribution in [0.3, 0.4) is 0 Å². The van der Waals surface area contributed by atoms with Crippen molar-refractivity contribution in [3.05, 3.63) is 24.8 Å². The summed E-state index contributed by atoms with van der Waals surface area (Å²) in [6, 6.07) is 0. The van der Waals surface area contributed by atoms with E-state index in [1.807, 2.05) is 0 Å². The summed E-state index contributed by atoms with van der Waals surface area (Å²) in [4.78, 5) is 10.6. The third-order valence-corrected chi connectivity index (χ3v) is 0.869. The molecule has 0 aromatic heterocycles. The van der Waals surface area contributed by atoms with Crippen LogP contribution < -0.4 is 0 Å². The Morgan fingerprint density at radius 1 is 1.70 bits per heavy atom. The van der Waals surface area contributed by atoms with E-state index in [9.17, 15) is 4.79 Å². The zero-order valence-corrected chi connectivity index (χ0v) is 6.17. The number of allylic oxidation sites excluding steroid dienone is 1. The van der Waals surface area contributed by atoms with Gasteiger partial charge in [0.2, 0.25) is 0 Å². The second kappa shape index (κ2) is 6.08. The Balaban J connectivity index is 3.30. The fourth-order valence-electron chi connectivity index (χ4n) is 0.427. The monoisotopic (exact) mass is 140 g/mol. The zero-order valence-electron chi connectivity index (χ0n) is 6.17. The maximum Gasteiger partial charge on any atom is 0.330 e. The molecule has 0 unspecified atom stereocenters. The molecule has 0 N–H and O–H groups in total. The molecule has 0 aliphatic rings. The number of hydrogen-bond donors (Lipinski definition) is 0. The first-order valence-electron chi connectivity index (χ1n) is 3.21. The minimum Gasteiger partial charge on any atom is -0.462 e. The lowest BCUT2D eigenvalue weighted by Gasteiger charge is -1.96. The molecular weight excluding hydrogens is 128 g/mol. The van der Waals surface area contributed by atoms with Crippen LogP contribution in [0.1, 0.15) is 13.3 Å². The predicted octanol–water partition coefficient (Wildman–Crippen LogP) is 1.68. The molecule has 0 spiro atoms. The van der Waals surface area contributed by atoms with Gasteiger partial charge in [-0.15, -0.1) is 6.58 Å². The van der Waals surface area contributed by atoms with Crippen LogP contribution in [0.25, 0.3) is 0 Å². The summed E-state index contributed by atoms with van der Waals surface area (Å²) in [6.07, 6.45) is 5.46. The molecule has 0 aromatic carbocycles. The van der Waals surface area contributed by atoms with Crippen LogP contribution in [-0.2, 0) is 9.53 Å². The van der Waals surface area contributed by atoms with Crippen LogP contribution in [-0.4, -0.2) is 12.6 Å². The number of hydrogen-bond acceptors (Lipinski definition) is 2. The number of rotatable bonds is 4. The van der Waals surface area contributed by atoms with Crippen LogP contribution in [0.4, 0.5) is 0 Å². The Labute approximate surface area is 61.2 Å². The second-order valence-electron chi connectivity index (χ2n) is 1.74. The Kier molecular flexibility index (Phi) is 5.44. The topological polar surface area (TPSA) is 26.3 Å². The standard InChI is InChI=1S/C8H12O2/c1-3-5-7-10-8(9)6-4-2/h3-4,6H,1,5,7H2,2H3. The van der Waals surface area contributed by atoms with Gasteiger partial charge in [-0.1, -0.05) is 12.2 Å². The minimum absolute atomic E-state index is 0.288. The Morgan fingerprint density at radius 2 is 2.40 bits per heavy atom. The molecule has 2 heteroatoms. The highest BCUT2D eigenvalue weighted by Gasteiger charge is 1.91. The van der Waals surface area contributed by atoms with Crippen molar-refractivity contribution in [1.82, 2.24) is 0 Å². The average molecular weight is 140 g/mol. The predicted molar refractivity (Wildman–Crippen MR) is 40.6 cm³/mol. The quantitative estimate of drug-likeness (QED) is 0.257. The fraction of sp³-hybridized carbons (Fsp3) is 0.375. The molecule has 0 radical (unpaired) electrons. The molecule has 0 saturated carbocycles. The van der Waals surface area contributed by atoms with E-state index in [1.165, 1.54) is 6.08 Å². The molecule has 2 nitrogen and oxygen atoms in total. The number of carbonyl (C=O) groups is 1. The SMILES string of the molecule is C=CCCOC(=O)C=CC. The lowest BCUT2D eigenvalue weighted by molar-refractivity contribution is -0.137. The van der Waals surface area contributed by atoms with E-state index in [4.69, 9.17) is 4.74 Å². The molecule has 0 amide bonds. The van der Waals surface area contributed by atoms with Gasteiger partial charge in [0, 0.05) is 6.08 Å². The third kappa shape index (κ3) is 5.09. The largest absolute Gasteiger partial charge is 0.462 e. The highest BCUT2D eigenvalue weighted by Crippen LogP contribution is 1.85. The Hall–Kier alpha value is -1.05. The van der Waals surface area contributed by atoms with Gasteiger partial charge in [0.05, 0.1) is 6.61 Å². The molecule has 10 heavy (non-hydrogen) atoms. The molecule has 0 heterocycles. The Morgan fingerprint density at radius 3 is 2.90 bits per heavy atom. The summed E-state index contributed by atoms with van der Waals surface area (Å²) in [6.45, 7) is 5.69. The van der Waals surface area contributed by atoms with Gasteiger partial charge in [0.25, 0.3) is 0 Å². The van der Waals surface area contributed by atoms with E-state index >= 15 is 0 Å². The number of esters is 1. The van der Waals surface area contributed by atoms with Crippen molar-refractivity contribution in [2.75, 3.05) is 6.61 Å². The molecule has 0 rings (SSSR count). The molecule has 0 fully saturated rings. The van der Waals surface area contributed by atoms with E-state index in [2.05, 4.69) is 6.58 Å². The van der Waals surface area contributed by atoms with Crippen molar-refractivity contribution < 1.29 is 9.53 Å². The van der Waals surface area contributed by atoms with Crippen LogP contribution >= 0.6 is 0 Å². The normalized spacial score (nSPS) is 9.70. The van der Waals surface area contributed by atoms with Crippen LogP contribution in [0.5, 0.6) is 0 Å². The maximum atomic E-state index is 10.6. The lowest BCUT2D eigenvalue weighted by atomic mass is 10.4. The molecule has 0 aliphatic heterocycles. The summed E-state index contributed by atoms with van der Waals surface area (Å²) >= 11 is 0. The highest BCUT2D eigenvalue weighted by atomic mass is 16.5. The molecule has 56 valence electrons. The fourth-order valence-corrected chi connectivity index (χ4v) is 0.427. The lowest BCUT2D eigenvalue weighted by Crippen LogP contribution is -2.00. The molecule has 0 saturated heterocycles. The first kappa shape index (κ1) is 8.95. The summed E-state index contributed by atoms with van der Waals surface area (Å²) in [5.74, 6) is -0.288. The van der Waals surface area contributed by atoms with Crippen LogP contribution in [0.15, 0.2) is 24.8 Å². The molecule has 0 aliphatic carbocycles. The second-order valence-corrected chi connectivity index (χ2v) is 1.74. The van der Waals surface area contributed by atoms with Gasteiger partial charge in [-0.05, 0) is 13.3 Å². The summed E-state index contributed by atoms with van der Waals surface area (Å²) in [5.41, 5.74) is 0. The number of carbonyl (C=O) groups excluding carboxylic acids is 1. The van der Waals surface area contributed by atoms with Gasteiger partial charge in [-0.2, -0.15) is 0 Å². The molecule has 0 aromatic rings. The maximum absolute atomic E-state index is 10.6. The van der Waals surface area contributed by atoms with Crippen molar-refractivity contribution in [2.24, 2.45) is 0 Å². The van der Waals surface area contributed by atoms with E-state index in [0.717, 1.165) is 0 Å². The van der Waals surface area contributed by atoms with E-state index in [0.29, 0.717) is 13.0 Å². The van der Waals surface area contributed by atoms with Crippen molar-refractivity contribution >= 4 is 5.97 Å². The smallest absolute Gasteiger partial charge is 0.330 e. The summed E-state index contributed by atoms with van der Waals surface area (Å²) < 4.78 is 4.73. The van der Waals surface area contributed by atoms with Crippen molar-refractivity contribution in [1.29, 1.82) is 0 Å². The van der Waals surface area contributed by atoms with Gasteiger partial charge in [-0.25, -0.2) is 4.79 Å². The highest BCUT2D eigenvalue weighted by molar-refractivity contribution is 5.81. The van der Waals surface area contributed by atoms with E-state index in [-0.39, 0.29) is 5.97 Å². The van der Waals surface area contributed by atoms with Crippen LogP contribution in [0.2, 0.25) is 0 Å². The average Bonchev–Trinajstić information content (AvgIpc) is 1.89. The first-order valence-corrected chi connectivity index (χ1v) is 3.21. The van der Waals surface area contributed by atoms with Crippen molar-refractivity contribution in [3.8, 4) is 0 Å². The minimum atomic E-state index is -0.288. The molecule has 0 bridgehead atoms. The van der Waals surface area contributed by atoms with Crippen molar-refractivity contribution in [3.63, 3.8) is 0 Å². The summed E-state index contributed by atoms with van der Waals surface area (Å²) in [7, 11) is 0. The zero-order chi connectivity index (χ0) is 7.82. The van der Waals surface area contributed by atoms with Gasteiger partial charge in [-0.3, -0.25) is 0 Å². The Bertz CT molecular complexity index is 136. The first-order chi connectivity index (χ1) is 4.81. The van der Waals surface area contributed by atoms with Gasteiger partial charge < -0.3 is 4.74 Å². The van der Waals surface area contributed by atoms with E-state index < -0.39 is 0 Å².